The van der Waals surface area contributed by atoms with Crippen LogP contribution in [0.5, 0.6) is 0 Å². The van der Waals surface area contributed by atoms with Gasteiger partial charge in [0.05, 0.1) is 12.6 Å². The van der Waals surface area contributed by atoms with E-state index in [1.807, 2.05) is 0 Å². The molecule has 0 aromatic heterocycles. The van der Waals surface area contributed by atoms with Crippen molar-refractivity contribution in [2.75, 3.05) is 13.2 Å². The number of ether oxygens (including phenoxy) is 1. The molecular formula is C17H25FN2O3. The van der Waals surface area contributed by atoms with Crippen LogP contribution >= 0.6 is 0 Å². The average molecular weight is 324 g/mol. The predicted octanol–water partition coefficient (Wildman–Crippen LogP) is 1.67. The molecule has 2 rings (SSSR count). The normalized spacial score (nSPS) is 22.3. The molecule has 0 bridgehead atoms. The molecule has 1 aliphatic rings. The summed E-state index contributed by atoms with van der Waals surface area (Å²) >= 11 is 0. The Labute approximate surface area is 136 Å². The molecule has 1 unspecified atom stereocenters. The van der Waals surface area contributed by atoms with Crippen molar-refractivity contribution in [3.05, 3.63) is 35.6 Å². The average Bonchev–Trinajstić information content (AvgIpc) is 2.90. The molecule has 1 amide bonds. The van der Waals surface area contributed by atoms with Gasteiger partial charge in [-0.2, -0.15) is 0 Å². The van der Waals surface area contributed by atoms with Gasteiger partial charge in [-0.15, -0.1) is 0 Å². The minimum atomic E-state index is -0.789. The lowest BCUT2D eigenvalue weighted by Gasteiger charge is -2.24. The molecule has 23 heavy (non-hydrogen) atoms. The largest absolute Gasteiger partial charge is 0.367 e. The van der Waals surface area contributed by atoms with E-state index in [9.17, 15) is 14.3 Å². The molecule has 0 saturated carbocycles. The van der Waals surface area contributed by atoms with Crippen molar-refractivity contribution in [2.45, 2.75) is 45.1 Å². The van der Waals surface area contributed by atoms with Crippen LogP contribution in [0.15, 0.2) is 24.3 Å². The molecule has 5 nitrogen and oxygen atoms in total. The molecule has 1 fully saturated rings. The summed E-state index contributed by atoms with van der Waals surface area (Å²) in [5, 5.41) is 15.9. The molecule has 0 spiro atoms. The van der Waals surface area contributed by atoms with Gasteiger partial charge in [0.1, 0.15) is 5.82 Å². The van der Waals surface area contributed by atoms with E-state index in [0.29, 0.717) is 24.6 Å². The monoisotopic (exact) mass is 324 g/mol. The van der Waals surface area contributed by atoms with Gasteiger partial charge >= 0.3 is 0 Å². The van der Waals surface area contributed by atoms with E-state index in [4.69, 9.17) is 4.74 Å². The molecule has 3 N–H and O–H groups in total. The number of aliphatic hydroxyl groups is 1. The van der Waals surface area contributed by atoms with Crippen LogP contribution < -0.4 is 10.6 Å². The van der Waals surface area contributed by atoms with Crippen LogP contribution in [0.1, 0.15) is 37.0 Å². The molecule has 1 aromatic rings. The maximum Gasteiger partial charge on any atom is 0.251 e. The van der Waals surface area contributed by atoms with Gasteiger partial charge in [0.15, 0.2) is 6.29 Å². The summed E-state index contributed by atoms with van der Waals surface area (Å²) in [5.41, 5.74) is 0.435. The minimum Gasteiger partial charge on any atom is -0.367 e. The Bertz CT molecular complexity index is 507. The summed E-state index contributed by atoms with van der Waals surface area (Å²) in [7, 11) is 0. The number of rotatable bonds is 7. The fourth-order valence-electron chi connectivity index (χ4n) is 2.70. The summed E-state index contributed by atoms with van der Waals surface area (Å²) in [6, 6.07) is 5.32. The molecule has 1 heterocycles. The zero-order chi connectivity index (χ0) is 16.8. The van der Waals surface area contributed by atoms with Gasteiger partial charge < -0.3 is 20.5 Å². The summed E-state index contributed by atoms with van der Waals surface area (Å²) in [6.07, 6.45) is 0.771. The summed E-state index contributed by atoms with van der Waals surface area (Å²) in [5.74, 6) is -0.169. The van der Waals surface area contributed by atoms with Gasteiger partial charge in [0.25, 0.3) is 5.91 Å². The Hall–Kier alpha value is -1.50. The van der Waals surface area contributed by atoms with Gasteiger partial charge in [-0.3, -0.25) is 4.79 Å². The summed E-state index contributed by atoms with van der Waals surface area (Å²) in [4.78, 5) is 12.3. The number of hydrogen-bond acceptors (Lipinski definition) is 4. The second kappa shape index (κ2) is 8.38. The quantitative estimate of drug-likeness (QED) is 0.713. The third-order valence-electron chi connectivity index (χ3n) is 3.89. The number of carbonyl (C=O) groups excluding carboxylic acids is 1. The first-order valence-electron chi connectivity index (χ1n) is 8.05. The number of nitrogens with one attached hydrogen (secondary N) is 2. The van der Waals surface area contributed by atoms with Crippen LogP contribution in [0.4, 0.5) is 4.39 Å². The molecule has 1 aromatic carbocycles. The van der Waals surface area contributed by atoms with E-state index < -0.39 is 6.29 Å². The van der Waals surface area contributed by atoms with Crippen molar-refractivity contribution in [1.29, 1.82) is 0 Å². The fourth-order valence-corrected chi connectivity index (χ4v) is 2.70. The summed E-state index contributed by atoms with van der Waals surface area (Å²) < 4.78 is 18.0. The molecular weight excluding hydrogens is 299 g/mol. The lowest BCUT2D eigenvalue weighted by molar-refractivity contribution is -0.0718. The lowest BCUT2D eigenvalue weighted by atomic mass is 10.0. The maximum absolute atomic E-state index is 12.9. The minimum absolute atomic E-state index is 0.0691. The van der Waals surface area contributed by atoms with Gasteiger partial charge in [0.2, 0.25) is 0 Å². The van der Waals surface area contributed by atoms with Gasteiger partial charge in [-0.1, -0.05) is 13.8 Å². The van der Waals surface area contributed by atoms with E-state index in [2.05, 4.69) is 24.5 Å². The highest BCUT2D eigenvalue weighted by Gasteiger charge is 2.26. The number of amides is 1. The second-order valence-electron chi connectivity index (χ2n) is 6.37. The smallest absolute Gasteiger partial charge is 0.251 e. The van der Waals surface area contributed by atoms with Crippen molar-refractivity contribution < 1.29 is 19.0 Å². The van der Waals surface area contributed by atoms with Crippen molar-refractivity contribution in [2.24, 2.45) is 5.92 Å². The number of halogens is 1. The van der Waals surface area contributed by atoms with Crippen LogP contribution in [0.3, 0.4) is 0 Å². The predicted molar refractivity (Wildman–Crippen MR) is 85.5 cm³/mol. The number of hydrogen-bond donors (Lipinski definition) is 3. The Kier molecular flexibility index (Phi) is 6.50. The first-order chi connectivity index (χ1) is 11.0. The molecule has 0 aliphatic carbocycles. The van der Waals surface area contributed by atoms with Crippen molar-refractivity contribution in [3.8, 4) is 0 Å². The van der Waals surface area contributed by atoms with E-state index >= 15 is 0 Å². The number of carbonyl (C=O) groups is 1. The molecule has 1 aliphatic heterocycles. The van der Waals surface area contributed by atoms with E-state index in [1.165, 1.54) is 24.3 Å². The third kappa shape index (κ3) is 5.57. The molecule has 3 atom stereocenters. The van der Waals surface area contributed by atoms with E-state index in [0.717, 1.165) is 12.8 Å². The highest BCUT2D eigenvalue weighted by Crippen LogP contribution is 2.12. The van der Waals surface area contributed by atoms with Crippen LogP contribution in [0.2, 0.25) is 0 Å². The topological polar surface area (TPSA) is 70.6 Å². The Morgan fingerprint density at radius 1 is 1.39 bits per heavy atom. The van der Waals surface area contributed by atoms with Crippen LogP contribution in [-0.2, 0) is 4.74 Å². The molecule has 6 heteroatoms. The Morgan fingerprint density at radius 3 is 2.65 bits per heavy atom. The van der Waals surface area contributed by atoms with Gasteiger partial charge in [-0.05, 0) is 43.0 Å². The lowest BCUT2D eigenvalue weighted by Crippen LogP contribution is -2.47. The maximum atomic E-state index is 12.9. The fraction of sp³-hybridized carbons (Fsp3) is 0.588. The first-order valence-corrected chi connectivity index (χ1v) is 8.05. The number of benzene rings is 1. The molecule has 0 radical (unpaired) electrons. The second-order valence-corrected chi connectivity index (χ2v) is 6.37. The Morgan fingerprint density at radius 2 is 2.09 bits per heavy atom. The van der Waals surface area contributed by atoms with Crippen LogP contribution in [0, 0.1) is 11.7 Å². The molecule has 1 saturated heterocycles. The number of aliphatic hydroxyl groups excluding tert-OH is 1. The Balaban J connectivity index is 1.91. The third-order valence-corrected chi connectivity index (χ3v) is 3.89. The van der Waals surface area contributed by atoms with Crippen LogP contribution in [-0.4, -0.2) is 42.5 Å². The summed E-state index contributed by atoms with van der Waals surface area (Å²) in [6.45, 7) is 5.26. The van der Waals surface area contributed by atoms with Gasteiger partial charge in [0, 0.05) is 18.2 Å². The first kappa shape index (κ1) is 17.8. The van der Waals surface area contributed by atoms with E-state index in [-0.39, 0.29) is 23.8 Å². The van der Waals surface area contributed by atoms with Crippen molar-refractivity contribution in [1.82, 2.24) is 10.6 Å². The van der Waals surface area contributed by atoms with Crippen molar-refractivity contribution >= 4 is 5.91 Å². The zero-order valence-electron chi connectivity index (χ0n) is 13.6. The highest BCUT2D eigenvalue weighted by atomic mass is 19.1. The zero-order valence-corrected chi connectivity index (χ0v) is 13.6. The van der Waals surface area contributed by atoms with Crippen LogP contribution in [0.25, 0.3) is 0 Å². The highest BCUT2D eigenvalue weighted by molar-refractivity contribution is 5.94. The van der Waals surface area contributed by atoms with Gasteiger partial charge in [-0.25, -0.2) is 4.39 Å². The standard InChI is InChI=1S/C17H25FN2O3/c1-11(2)9-14(10-19-15-7-8-23-17(15)22)20-16(21)12-3-5-13(18)6-4-12/h3-6,11,14-15,17,19,22H,7-10H2,1-2H3,(H,20,21)/t14-,15+,17?/m1/s1. The van der Waals surface area contributed by atoms with E-state index in [1.54, 1.807) is 0 Å². The SMILES string of the molecule is CC(C)C[C@H](CN[C@H]1CCOC1O)NC(=O)c1ccc(F)cc1. The molecule has 128 valence electrons. The van der Waals surface area contributed by atoms with Crippen molar-refractivity contribution in [3.63, 3.8) is 0 Å².